The van der Waals surface area contributed by atoms with E-state index in [1.807, 2.05) is 17.0 Å². The van der Waals surface area contributed by atoms with Crippen molar-refractivity contribution in [2.24, 2.45) is 5.92 Å². The predicted octanol–water partition coefficient (Wildman–Crippen LogP) is 0.494. The van der Waals surface area contributed by atoms with Crippen LogP contribution >= 0.6 is 0 Å². The number of ether oxygens (including phenoxy) is 1. The molecule has 1 aromatic carbocycles. The lowest BCUT2D eigenvalue weighted by molar-refractivity contribution is -0.144. The highest BCUT2D eigenvalue weighted by Crippen LogP contribution is 2.20. The van der Waals surface area contributed by atoms with Crippen molar-refractivity contribution in [1.82, 2.24) is 19.6 Å². The van der Waals surface area contributed by atoms with Crippen LogP contribution in [0.25, 0.3) is 10.8 Å². The Morgan fingerprint density at radius 1 is 1.04 bits per heavy atom. The van der Waals surface area contributed by atoms with Crippen molar-refractivity contribution in [1.29, 1.82) is 0 Å². The molecular formula is C20H24N4O4. The number of likely N-dealkylation sites (tertiary alicyclic amines) is 1. The fourth-order valence-corrected chi connectivity index (χ4v) is 3.89. The molecule has 148 valence electrons. The van der Waals surface area contributed by atoms with Gasteiger partial charge in [0.1, 0.15) is 6.54 Å². The Kier molecular flexibility index (Phi) is 5.38. The highest BCUT2D eigenvalue weighted by Gasteiger charge is 2.31. The van der Waals surface area contributed by atoms with Gasteiger partial charge in [-0.15, -0.1) is 0 Å². The third kappa shape index (κ3) is 3.77. The molecule has 2 amide bonds. The van der Waals surface area contributed by atoms with E-state index in [4.69, 9.17) is 4.74 Å². The number of carbonyl (C=O) groups excluding carboxylic acids is 2. The van der Waals surface area contributed by atoms with Crippen molar-refractivity contribution in [3.8, 4) is 0 Å². The van der Waals surface area contributed by atoms with Crippen molar-refractivity contribution >= 4 is 22.6 Å². The number of carbonyl (C=O) groups is 2. The van der Waals surface area contributed by atoms with Crippen LogP contribution < -0.4 is 5.56 Å². The number of hydrogen-bond donors (Lipinski definition) is 0. The van der Waals surface area contributed by atoms with E-state index in [-0.39, 0.29) is 29.8 Å². The standard InChI is InChI=1S/C20H24N4O4/c25-18(14-24-20(27)17-4-2-1-3-16(17)13-21-24)22-7-5-15(6-8-22)19(26)23-9-11-28-12-10-23/h1-4,13,15H,5-12,14H2. The minimum atomic E-state index is -0.260. The first-order chi connectivity index (χ1) is 13.6. The summed E-state index contributed by atoms with van der Waals surface area (Å²) in [6.45, 7) is 3.46. The van der Waals surface area contributed by atoms with Gasteiger partial charge >= 0.3 is 0 Å². The zero-order chi connectivity index (χ0) is 19.5. The number of fused-ring (bicyclic) bond motifs is 1. The third-order valence-corrected chi connectivity index (χ3v) is 5.57. The maximum atomic E-state index is 12.6. The molecule has 1 aromatic heterocycles. The van der Waals surface area contributed by atoms with Gasteiger partial charge < -0.3 is 14.5 Å². The first kappa shape index (κ1) is 18.6. The monoisotopic (exact) mass is 384 g/mol. The zero-order valence-corrected chi connectivity index (χ0v) is 15.7. The summed E-state index contributed by atoms with van der Waals surface area (Å²) < 4.78 is 6.52. The molecule has 0 saturated carbocycles. The molecule has 0 spiro atoms. The molecule has 8 heteroatoms. The van der Waals surface area contributed by atoms with Gasteiger partial charge in [0.15, 0.2) is 0 Å². The normalized spacial score (nSPS) is 18.4. The average molecular weight is 384 g/mol. The first-order valence-corrected chi connectivity index (χ1v) is 9.72. The summed E-state index contributed by atoms with van der Waals surface area (Å²) in [5, 5.41) is 5.45. The Labute approximate surface area is 162 Å². The summed E-state index contributed by atoms with van der Waals surface area (Å²) in [5.41, 5.74) is -0.260. The molecule has 2 saturated heterocycles. The largest absolute Gasteiger partial charge is 0.378 e. The number of nitrogens with zero attached hydrogens (tertiary/aromatic N) is 4. The number of morpholine rings is 1. The highest BCUT2D eigenvalue weighted by molar-refractivity contribution is 5.82. The van der Waals surface area contributed by atoms with Gasteiger partial charge in [-0.3, -0.25) is 14.4 Å². The third-order valence-electron chi connectivity index (χ3n) is 5.57. The Bertz CT molecular complexity index is 927. The second-order valence-corrected chi connectivity index (χ2v) is 7.29. The van der Waals surface area contributed by atoms with Crippen molar-refractivity contribution in [2.75, 3.05) is 39.4 Å². The van der Waals surface area contributed by atoms with Crippen LogP contribution in [0.5, 0.6) is 0 Å². The molecule has 4 rings (SSSR count). The van der Waals surface area contributed by atoms with Crippen molar-refractivity contribution < 1.29 is 14.3 Å². The highest BCUT2D eigenvalue weighted by atomic mass is 16.5. The maximum Gasteiger partial charge on any atom is 0.275 e. The fourth-order valence-electron chi connectivity index (χ4n) is 3.89. The fraction of sp³-hybridized carbons (Fsp3) is 0.500. The van der Waals surface area contributed by atoms with E-state index in [0.717, 1.165) is 5.39 Å². The number of aromatic nitrogens is 2. The minimum Gasteiger partial charge on any atom is -0.378 e. The van der Waals surface area contributed by atoms with Crippen LogP contribution in [-0.2, 0) is 20.9 Å². The van der Waals surface area contributed by atoms with E-state index >= 15 is 0 Å². The lowest BCUT2D eigenvalue weighted by Crippen LogP contribution is -2.48. The van der Waals surface area contributed by atoms with E-state index in [9.17, 15) is 14.4 Å². The molecule has 0 aliphatic carbocycles. The van der Waals surface area contributed by atoms with Crippen LogP contribution in [0.2, 0.25) is 0 Å². The molecule has 0 unspecified atom stereocenters. The van der Waals surface area contributed by atoms with Gasteiger partial charge in [-0.2, -0.15) is 5.10 Å². The summed E-state index contributed by atoms with van der Waals surface area (Å²) >= 11 is 0. The van der Waals surface area contributed by atoms with Crippen LogP contribution in [0.15, 0.2) is 35.3 Å². The van der Waals surface area contributed by atoms with Gasteiger partial charge in [-0.25, -0.2) is 4.68 Å². The average Bonchev–Trinajstić information content (AvgIpc) is 2.76. The molecule has 3 heterocycles. The Morgan fingerprint density at radius 2 is 1.75 bits per heavy atom. The van der Waals surface area contributed by atoms with Crippen molar-refractivity contribution in [2.45, 2.75) is 19.4 Å². The molecule has 0 radical (unpaired) electrons. The van der Waals surface area contributed by atoms with E-state index in [1.54, 1.807) is 23.2 Å². The van der Waals surface area contributed by atoms with E-state index in [0.29, 0.717) is 57.6 Å². The SMILES string of the molecule is O=C(Cn1ncc2ccccc2c1=O)N1CCC(C(=O)N2CCOCC2)CC1. The number of benzene rings is 1. The van der Waals surface area contributed by atoms with Crippen molar-refractivity contribution in [3.63, 3.8) is 0 Å². The summed E-state index contributed by atoms with van der Waals surface area (Å²) in [6.07, 6.45) is 2.92. The number of piperidine rings is 1. The van der Waals surface area contributed by atoms with E-state index < -0.39 is 0 Å². The molecular weight excluding hydrogens is 360 g/mol. The van der Waals surface area contributed by atoms with E-state index in [1.165, 1.54) is 4.68 Å². The summed E-state index contributed by atoms with van der Waals surface area (Å²) in [5.74, 6) is -0.00590. The van der Waals surface area contributed by atoms with Crippen LogP contribution in [0.4, 0.5) is 0 Å². The van der Waals surface area contributed by atoms with Crippen LogP contribution in [0.3, 0.4) is 0 Å². The molecule has 2 fully saturated rings. The van der Waals surface area contributed by atoms with Crippen molar-refractivity contribution in [3.05, 3.63) is 40.8 Å². The van der Waals surface area contributed by atoms with Gasteiger partial charge in [0.05, 0.1) is 24.8 Å². The van der Waals surface area contributed by atoms with E-state index in [2.05, 4.69) is 5.10 Å². The summed E-state index contributed by atoms with van der Waals surface area (Å²) in [4.78, 5) is 41.4. The molecule has 2 aliphatic rings. The molecule has 2 aliphatic heterocycles. The number of amides is 2. The second kappa shape index (κ2) is 8.10. The molecule has 0 N–H and O–H groups in total. The number of rotatable bonds is 3. The van der Waals surface area contributed by atoms with Crippen LogP contribution in [0.1, 0.15) is 12.8 Å². The Morgan fingerprint density at radius 3 is 2.50 bits per heavy atom. The zero-order valence-electron chi connectivity index (χ0n) is 15.7. The molecule has 8 nitrogen and oxygen atoms in total. The van der Waals surface area contributed by atoms with Crippen LogP contribution in [-0.4, -0.2) is 70.8 Å². The van der Waals surface area contributed by atoms with Crippen LogP contribution in [0, 0.1) is 5.92 Å². The summed E-state index contributed by atoms with van der Waals surface area (Å²) in [7, 11) is 0. The summed E-state index contributed by atoms with van der Waals surface area (Å²) in [6, 6.07) is 7.21. The quantitative estimate of drug-likeness (QED) is 0.769. The molecule has 2 aromatic rings. The van der Waals surface area contributed by atoms with Gasteiger partial charge in [-0.05, 0) is 18.9 Å². The predicted molar refractivity (Wildman–Crippen MR) is 103 cm³/mol. The lowest BCUT2D eigenvalue weighted by atomic mass is 9.95. The topological polar surface area (TPSA) is 84.7 Å². The second-order valence-electron chi connectivity index (χ2n) is 7.29. The van der Waals surface area contributed by atoms with Gasteiger partial charge in [0.2, 0.25) is 11.8 Å². The van der Waals surface area contributed by atoms with Gasteiger partial charge in [0.25, 0.3) is 5.56 Å². The number of hydrogen-bond acceptors (Lipinski definition) is 5. The Balaban J connectivity index is 1.36. The minimum absolute atomic E-state index is 0.0383. The first-order valence-electron chi connectivity index (χ1n) is 9.72. The lowest BCUT2D eigenvalue weighted by Gasteiger charge is -2.35. The molecule has 0 atom stereocenters. The Hall–Kier alpha value is -2.74. The maximum absolute atomic E-state index is 12.6. The van der Waals surface area contributed by atoms with Gasteiger partial charge in [0, 0.05) is 37.5 Å². The van der Waals surface area contributed by atoms with Gasteiger partial charge in [-0.1, -0.05) is 18.2 Å². The molecule has 0 bridgehead atoms. The smallest absolute Gasteiger partial charge is 0.275 e. The molecule has 28 heavy (non-hydrogen) atoms.